The van der Waals surface area contributed by atoms with E-state index >= 15 is 0 Å². The second-order valence-corrected chi connectivity index (χ2v) is 4.77. The summed E-state index contributed by atoms with van der Waals surface area (Å²) in [5, 5.41) is 2.21. The first-order valence-corrected chi connectivity index (χ1v) is 6.35. The Morgan fingerprint density at radius 3 is 2.50 bits per heavy atom. The molecule has 1 aromatic carbocycles. The Balaban J connectivity index is 2.18. The Bertz CT molecular complexity index is 563. The topological polar surface area (TPSA) is 66.5 Å². The van der Waals surface area contributed by atoms with Gasteiger partial charge in [-0.25, -0.2) is 4.79 Å². The van der Waals surface area contributed by atoms with Crippen LogP contribution in [0.4, 0.5) is 4.79 Å². The molecule has 0 aliphatic carbocycles. The molecule has 0 aromatic heterocycles. The minimum atomic E-state index is -0.865. The lowest BCUT2D eigenvalue weighted by Crippen LogP contribution is -2.58. The Morgan fingerprint density at radius 1 is 1.25 bits per heavy atom. The van der Waals surface area contributed by atoms with Crippen molar-refractivity contribution in [3.63, 3.8) is 0 Å². The highest BCUT2D eigenvalue weighted by Gasteiger charge is 2.39. The van der Waals surface area contributed by atoms with Crippen LogP contribution < -0.4 is 5.32 Å². The van der Waals surface area contributed by atoms with E-state index in [0.717, 1.165) is 16.0 Å². The van der Waals surface area contributed by atoms with Crippen LogP contribution in [-0.2, 0) is 16.0 Å². The number of hydrogen-bond acceptors (Lipinski definition) is 3. The van der Waals surface area contributed by atoms with Gasteiger partial charge in [0.05, 0.1) is 0 Å². The molecule has 5 nitrogen and oxygen atoms in total. The van der Waals surface area contributed by atoms with E-state index in [4.69, 9.17) is 0 Å². The van der Waals surface area contributed by atoms with E-state index in [-0.39, 0.29) is 13.0 Å². The Kier molecular flexibility index (Phi) is 3.98. The summed E-state index contributed by atoms with van der Waals surface area (Å²) < 4.78 is 0. The molecule has 1 atom stereocenters. The monoisotopic (exact) mass is 272 g/mol. The van der Waals surface area contributed by atoms with E-state index in [2.05, 4.69) is 11.9 Å². The number of carbonyl (C=O) groups excluding carboxylic acids is 3. The second-order valence-electron chi connectivity index (χ2n) is 4.77. The van der Waals surface area contributed by atoms with Gasteiger partial charge >= 0.3 is 6.03 Å². The molecule has 0 bridgehead atoms. The lowest BCUT2D eigenvalue weighted by molar-refractivity contribution is -0.142. The van der Waals surface area contributed by atoms with Crippen LogP contribution in [0.25, 0.3) is 0 Å². The number of rotatable bonds is 4. The number of urea groups is 1. The maximum atomic E-state index is 12.2. The van der Waals surface area contributed by atoms with Crippen molar-refractivity contribution in [1.29, 1.82) is 0 Å². The molecule has 1 heterocycles. The molecule has 1 fully saturated rings. The molecule has 0 radical (unpaired) electrons. The van der Waals surface area contributed by atoms with Gasteiger partial charge in [0.2, 0.25) is 11.8 Å². The van der Waals surface area contributed by atoms with Crippen LogP contribution in [-0.4, -0.2) is 29.3 Å². The lowest BCUT2D eigenvalue weighted by atomic mass is 9.95. The van der Waals surface area contributed by atoms with Crippen molar-refractivity contribution in [3.05, 3.63) is 48.0 Å². The number of imide groups is 2. The minimum absolute atomic E-state index is 0.0995. The zero-order valence-corrected chi connectivity index (χ0v) is 11.3. The quantitative estimate of drug-likeness (QED) is 0.666. The highest BCUT2D eigenvalue weighted by atomic mass is 16.2. The maximum Gasteiger partial charge on any atom is 0.331 e. The molecule has 1 aliphatic heterocycles. The summed E-state index contributed by atoms with van der Waals surface area (Å²) in [7, 11) is 0. The number of aryl methyl sites for hydroxylation is 1. The number of barbiturate groups is 1. The third-order valence-corrected chi connectivity index (χ3v) is 3.23. The van der Waals surface area contributed by atoms with Crippen molar-refractivity contribution >= 4 is 17.8 Å². The number of amides is 4. The highest BCUT2D eigenvalue weighted by molar-refractivity contribution is 6.16. The molecule has 1 saturated heterocycles. The highest BCUT2D eigenvalue weighted by Crippen LogP contribution is 2.17. The normalized spacial score (nSPS) is 18.9. The van der Waals surface area contributed by atoms with Crippen LogP contribution in [0.5, 0.6) is 0 Å². The zero-order chi connectivity index (χ0) is 14.7. The van der Waals surface area contributed by atoms with Crippen LogP contribution in [0.3, 0.4) is 0 Å². The average molecular weight is 272 g/mol. The van der Waals surface area contributed by atoms with Crippen molar-refractivity contribution in [2.24, 2.45) is 5.92 Å². The SMILES string of the molecule is C=CCN1C(=O)NC(=O)[C@H](Cc2ccc(C)cc2)C1=O. The first-order chi connectivity index (χ1) is 9.52. The predicted molar refractivity (Wildman–Crippen MR) is 73.8 cm³/mol. The molecule has 0 unspecified atom stereocenters. The molecule has 5 heteroatoms. The van der Waals surface area contributed by atoms with Crippen LogP contribution >= 0.6 is 0 Å². The molecule has 0 saturated carbocycles. The number of nitrogens with one attached hydrogen (secondary N) is 1. The average Bonchev–Trinajstić information content (AvgIpc) is 2.41. The van der Waals surface area contributed by atoms with Gasteiger partial charge in [-0.3, -0.25) is 19.8 Å². The van der Waals surface area contributed by atoms with Gasteiger partial charge in [-0.15, -0.1) is 6.58 Å². The Hall–Kier alpha value is -2.43. The summed E-state index contributed by atoms with van der Waals surface area (Å²) in [6, 6.07) is 6.93. The number of nitrogens with zero attached hydrogens (tertiary/aromatic N) is 1. The van der Waals surface area contributed by atoms with Gasteiger partial charge in [-0.05, 0) is 18.9 Å². The van der Waals surface area contributed by atoms with E-state index in [0.29, 0.717) is 0 Å². The summed E-state index contributed by atoms with van der Waals surface area (Å²) in [6.45, 7) is 5.57. The predicted octanol–water partition coefficient (Wildman–Crippen LogP) is 1.42. The van der Waals surface area contributed by atoms with Crippen molar-refractivity contribution in [3.8, 4) is 0 Å². The first-order valence-electron chi connectivity index (χ1n) is 6.35. The summed E-state index contributed by atoms with van der Waals surface area (Å²) in [4.78, 5) is 36.6. The van der Waals surface area contributed by atoms with Gasteiger partial charge < -0.3 is 0 Å². The van der Waals surface area contributed by atoms with Gasteiger partial charge in [0.25, 0.3) is 0 Å². The van der Waals surface area contributed by atoms with Crippen LogP contribution in [0, 0.1) is 12.8 Å². The van der Waals surface area contributed by atoms with E-state index in [1.807, 2.05) is 31.2 Å². The fourth-order valence-corrected chi connectivity index (χ4v) is 2.10. The molecular formula is C15H16N2O3. The molecule has 1 N–H and O–H groups in total. The van der Waals surface area contributed by atoms with Crippen molar-refractivity contribution in [1.82, 2.24) is 10.2 Å². The molecule has 4 amide bonds. The molecule has 104 valence electrons. The summed E-state index contributed by atoms with van der Waals surface area (Å²) in [5.74, 6) is -1.88. The third kappa shape index (κ3) is 2.77. The van der Waals surface area contributed by atoms with Gasteiger partial charge in [-0.2, -0.15) is 0 Å². The Morgan fingerprint density at radius 2 is 1.90 bits per heavy atom. The fourth-order valence-electron chi connectivity index (χ4n) is 2.10. The smallest absolute Gasteiger partial charge is 0.277 e. The van der Waals surface area contributed by atoms with Gasteiger partial charge in [0, 0.05) is 6.54 Å². The zero-order valence-electron chi connectivity index (χ0n) is 11.3. The van der Waals surface area contributed by atoms with Crippen molar-refractivity contribution in [2.75, 3.05) is 6.54 Å². The van der Waals surface area contributed by atoms with Crippen LogP contribution in [0.2, 0.25) is 0 Å². The second kappa shape index (κ2) is 5.69. The van der Waals surface area contributed by atoms with Crippen LogP contribution in [0.15, 0.2) is 36.9 Å². The summed E-state index contributed by atoms with van der Waals surface area (Å²) >= 11 is 0. The third-order valence-electron chi connectivity index (χ3n) is 3.23. The van der Waals surface area contributed by atoms with Crippen LogP contribution in [0.1, 0.15) is 11.1 Å². The van der Waals surface area contributed by atoms with Gasteiger partial charge in [-0.1, -0.05) is 35.9 Å². The summed E-state index contributed by atoms with van der Waals surface area (Å²) in [6.07, 6.45) is 1.74. The molecule has 2 rings (SSSR count). The van der Waals surface area contributed by atoms with Crippen molar-refractivity contribution < 1.29 is 14.4 Å². The number of carbonyl (C=O) groups is 3. The molecule has 1 aliphatic rings. The molecule has 1 aromatic rings. The van der Waals surface area contributed by atoms with Gasteiger partial charge in [0.1, 0.15) is 5.92 Å². The van der Waals surface area contributed by atoms with Gasteiger partial charge in [0.15, 0.2) is 0 Å². The van der Waals surface area contributed by atoms with E-state index in [9.17, 15) is 14.4 Å². The largest absolute Gasteiger partial charge is 0.331 e. The first kappa shape index (κ1) is 14.0. The fraction of sp³-hybridized carbons (Fsp3) is 0.267. The molecule has 0 spiro atoms. The minimum Gasteiger partial charge on any atom is -0.277 e. The molecular weight excluding hydrogens is 256 g/mol. The standard InChI is InChI=1S/C15H16N2O3/c1-3-8-17-14(19)12(13(18)16-15(17)20)9-11-6-4-10(2)5-7-11/h3-7,12H,1,8-9H2,2H3,(H,16,18,20)/t12-/m0/s1. The molecule has 20 heavy (non-hydrogen) atoms. The maximum absolute atomic E-state index is 12.2. The lowest BCUT2D eigenvalue weighted by Gasteiger charge is -2.29. The van der Waals surface area contributed by atoms with Crippen molar-refractivity contribution in [2.45, 2.75) is 13.3 Å². The van der Waals surface area contributed by atoms with E-state index in [1.54, 1.807) is 0 Å². The number of hydrogen-bond donors (Lipinski definition) is 1. The Labute approximate surface area is 117 Å². The summed E-state index contributed by atoms with van der Waals surface area (Å²) in [5.41, 5.74) is 1.99. The number of benzene rings is 1. The van der Waals surface area contributed by atoms with E-state index in [1.165, 1.54) is 6.08 Å². The van der Waals surface area contributed by atoms with E-state index < -0.39 is 23.8 Å².